The van der Waals surface area contributed by atoms with Crippen molar-refractivity contribution >= 4 is 34.8 Å². The lowest BCUT2D eigenvalue weighted by atomic mass is 10.2. The van der Waals surface area contributed by atoms with Crippen molar-refractivity contribution in [3.05, 3.63) is 78.6 Å². The summed E-state index contributed by atoms with van der Waals surface area (Å²) in [6.45, 7) is 5.07. The number of thioether (sulfide) groups is 1. The van der Waals surface area contributed by atoms with Crippen molar-refractivity contribution in [2.24, 2.45) is 0 Å². The minimum atomic E-state index is -0.0888. The van der Waals surface area contributed by atoms with Crippen LogP contribution in [0, 0.1) is 0 Å². The van der Waals surface area contributed by atoms with Crippen molar-refractivity contribution in [3.63, 3.8) is 0 Å². The minimum Gasteiger partial charge on any atom is -0.369 e. The number of carbonyl (C=O) groups excluding carboxylic acids is 1. The third kappa shape index (κ3) is 5.50. The fourth-order valence-corrected chi connectivity index (χ4v) is 4.49. The summed E-state index contributed by atoms with van der Waals surface area (Å²) < 4.78 is 1.60. The van der Waals surface area contributed by atoms with Crippen LogP contribution in [0.15, 0.2) is 78.2 Å². The molecule has 3 heterocycles. The lowest BCUT2D eigenvalue weighted by molar-refractivity contribution is -0.113. The topological polar surface area (TPSA) is 78.7 Å². The van der Waals surface area contributed by atoms with Gasteiger partial charge in [-0.1, -0.05) is 42.1 Å². The molecule has 168 valence electrons. The van der Waals surface area contributed by atoms with Crippen LogP contribution in [0.5, 0.6) is 0 Å². The molecule has 0 atom stereocenters. The molecule has 1 fully saturated rings. The first-order valence-corrected chi connectivity index (χ1v) is 11.9. The van der Waals surface area contributed by atoms with Crippen molar-refractivity contribution in [2.45, 2.75) is 11.7 Å². The quantitative estimate of drug-likeness (QED) is 0.425. The molecule has 1 saturated heterocycles. The maximum atomic E-state index is 12.3. The summed E-state index contributed by atoms with van der Waals surface area (Å²) in [5.74, 6) is 0.674. The second-order valence-corrected chi connectivity index (χ2v) is 8.83. The Morgan fingerprint density at radius 1 is 0.970 bits per heavy atom. The summed E-state index contributed by atoms with van der Waals surface area (Å²) in [5.41, 5.74) is 3.33. The smallest absolute Gasteiger partial charge is 0.253 e. The number of anilines is 2. The van der Waals surface area contributed by atoms with Crippen LogP contribution in [0.4, 0.5) is 11.4 Å². The first-order valence-electron chi connectivity index (χ1n) is 10.9. The van der Waals surface area contributed by atoms with Gasteiger partial charge in [0.1, 0.15) is 0 Å². The molecule has 2 aromatic heterocycles. The lowest BCUT2D eigenvalue weighted by Crippen LogP contribution is -2.45. The number of piperazine rings is 1. The van der Waals surface area contributed by atoms with Gasteiger partial charge in [-0.15, -0.1) is 5.10 Å². The number of rotatable bonds is 7. The molecule has 8 nitrogen and oxygen atoms in total. The molecule has 0 spiro atoms. The minimum absolute atomic E-state index is 0.0888. The van der Waals surface area contributed by atoms with Crippen molar-refractivity contribution < 1.29 is 4.79 Å². The maximum Gasteiger partial charge on any atom is 0.253 e. The third-order valence-corrected chi connectivity index (χ3v) is 6.40. The molecular formula is C24H25N7OS. The van der Waals surface area contributed by atoms with Crippen LogP contribution < -0.4 is 10.2 Å². The van der Waals surface area contributed by atoms with E-state index in [1.165, 1.54) is 23.0 Å². The summed E-state index contributed by atoms with van der Waals surface area (Å²) in [6.07, 6.45) is 3.45. The summed E-state index contributed by atoms with van der Waals surface area (Å²) in [5, 5.41) is 7.78. The largest absolute Gasteiger partial charge is 0.369 e. The van der Waals surface area contributed by atoms with Crippen LogP contribution in [0.3, 0.4) is 0 Å². The van der Waals surface area contributed by atoms with Crippen LogP contribution in [0.25, 0.3) is 5.78 Å². The molecule has 33 heavy (non-hydrogen) atoms. The van der Waals surface area contributed by atoms with Gasteiger partial charge in [0.05, 0.1) is 5.75 Å². The van der Waals surface area contributed by atoms with Crippen molar-refractivity contribution in [3.8, 4) is 0 Å². The van der Waals surface area contributed by atoms with E-state index in [9.17, 15) is 4.79 Å². The van der Waals surface area contributed by atoms with Gasteiger partial charge in [-0.2, -0.15) is 4.98 Å². The average Bonchev–Trinajstić information content (AvgIpc) is 3.28. The highest BCUT2D eigenvalue weighted by Crippen LogP contribution is 2.21. The Hall–Kier alpha value is -3.43. The van der Waals surface area contributed by atoms with E-state index in [0.29, 0.717) is 10.9 Å². The van der Waals surface area contributed by atoms with Crippen molar-refractivity contribution in [2.75, 3.05) is 42.1 Å². The molecule has 9 heteroatoms. The van der Waals surface area contributed by atoms with Gasteiger partial charge in [-0.25, -0.2) is 9.50 Å². The highest BCUT2D eigenvalue weighted by molar-refractivity contribution is 7.99. The van der Waals surface area contributed by atoms with E-state index in [4.69, 9.17) is 0 Å². The fraction of sp³-hybridized carbons (Fsp3) is 0.250. The molecule has 1 aliphatic heterocycles. The van der Waals surface area contributed by atoms with E-state index in [1.54, 1.807) is 23.0 Å². The highest BCUT2D eigenvalue weighted by atomic mass is 32.2. The number of carbonyl (C=O) groups is 1. The second kappa shape index (κ2) is 10.0. The van der Waals surface area contributed by atoms with Crippen LogP contribution >= 0.6 is 11.8 Å². The predicted molar refractivity (Wildman–Crippen MR) is 131 cm³/mol. The van der Waals surface area contributed by atoms with Crippen LogP contribution in [-0.2, 0) is 11.3 Å². The zero-order valence-electron chi connectivity index (χ0n) is 18.2. The van der Waals surface area contributed by atoms with E-state index < -0.39 is 0 Å². The summed E-state index contributed by atoms with van der Waals surface area (Å²) in [7, 11) is 0. The Kier molecular flexibility index (Phi) is 6.50. The van der Waals surface area contributed by atoms with Crippen LogP contribution in [-0.4, -0.2) is 62.3 Å². The number of aromatic nitrogens is 4. The molecule has 5 rings (SSSR count). The average molecular weight is 460 g/mol. The fourth-order valence-electron chi connectivity index (χ4n) is 3.86. The Labute approximate surface area is 196 Å². The summed E-state index contributed by atoms with van der Waals surface area (Å²) in [4.78, 5) is 25.7. The molecule has 0 bridgehead atoms. The van der Waals surface area contributed by atoms with Gasteiger partial charge >= 0.3 is 0 Å². The molecule has 0 saturated carbocycles. The zero-order chi connectivity index (χ0) is 22.5. The van der Waals surface area contributed by atoms with Gasteiger partial charge in [0, 0.05) is 56.5 Å². The van der Waals surface area contributed by atoms with Gasteiger partial charge in [0.2, 0.25) is 11.1 Å². The van der Waals surface area contributed by atoms with Gasteiger partial charge in [0.25, 0.3) is 5.78 Å². The van der Waals surface area contributed by atoms with Gasteiger partial charge < -0.3 is 10.2 Å². The first-order chi connectivity index (χ1) is 16.2. The third-order valence-electron chi connectivity index (χ3n) is 5.57. The number of hydrogen-bond acceptors (Lipinski definition) is 7. The number of fused-ring (bicyclic) bond motifs is 1. The Balaban J connectivity index is 1.09. The van der Waals surface area contributed by atoms with Crippen LogP contribution in [0.1, 0.15) is 5.56 Å². The van der Waals surface area contributed by atoms with Crippen LogP contribution in [0.2, 0.25) is 0 Å². The van der Waals surface area contributed by atoms with Gasteiger partial charge in [-0.3, -0.25) is 9.69 Å². The lowest BCUT2D eigenvalue weighted by Gasteiger charge is -2.36. The molecule has 0 aliphatic carbocycles. The molecular weight excluding hydrogens is 434 g/mol. The van der Waals surface area contributed by atoms with E-state index >= 15 is 0 Å². The molecule has 2 aromatic carbocycles. The standard InChI is InChI=1S/C24H25N7OS/c32-22(18-33-24-27-23-25-11-4-12-31(23)28-24)26-20-7-9-21(10-8-20)30-15-13-29(14-16-30)17-19-5-2-1-3-6-19/h1-12H,13-18H2,(H,26,32). The zero-order valence-corrected chi connectivity index (χ0v) is 19.0. The highest BCUT2D eigenvalue weighted by Gasteiger charge is 2.17. The Morgan fingerprint density at radius 3 is 2.52 bits per heavy atom. The monoisotopic (exact) mass is 459 g/mol. The number of benzene rings is 2. The molecule has 1 N–H and O–H groups in total. The summed E-state index contributed by atoms with van der Waals surface area (Å²) >= 11 is 1.29. The molecule has 0 unspecified atom stereocenters. The molecule has 1 amide bonds. The van der Waals surface area contributed by atoms with Gasteiger partial charge in [0.15, 0.2) is 0 Å². The number of amides is 1. The predicted octanol–water partition coefficient (Wildman–Crippen LogP) is 3.18. The molecule has 1 aliphatic rings. The van der Waals surface area contributed by atoms with Gasteiger partial charge in [-0.05, 0) is 35.9 Å². The van der Waals surface area contributed by atoms with E-state index in [0.717, 1.165) is 38.4 Å². The Bertz CT molecular complexity index is 1170. The number of hydrogen-bond donors (Lipinski definition) is 1. The molecule has 0 radical (unpaired) electrons. The van der Waals surface area contributed by atoms with Crippen molar-refractivity contribution in [1.29, 1.82) is 0 Å². The van der Waals surface area contributed by atoms with Crippen molar-refractivity contribution in [1.82, 2.24) is 24.5 Å². The number of nitrogens with one attached hydrogen (secondary N) is 1. The molecule has 4 aromatic rings. The normalized spacial score (nSPS) is 14.5. The number of nitrogens with zero attached hydrogens (tertiary/aromatic N) is 6. The van der Waals surface area contributed by atoms with E-state index in [-0.39, 0.29) is 11.7 Å². The summed E-state index contributed by atoms with van der Waals surface area (Å²) in [6, 6.07) is 20.5. The maximum absolute atomic E-state index is 12.3. The Morgan fingerprint density at radius 2 is 1.76 bits per heavy atom. The second-order valence-electron chi connectivity index (χ2n) is 7.89. The first kappa shape index (κ1) is 21.4. The van der Waals surface area contributed by atoms with E-state index in [2.05, 4.69) is 72.6 Å². The van der Waals surface area contributed by atoms with E-state index in [1.807, 2.05) is 12.1 Å². The SMILES string of the molecule is O=C(CSc1nc2ncccn2n1)Nc1ccc(N2CCN(Cc3ccccc3)CC2)cc1.